The number of imidazole rings is 1. The molecule has 0 bridgehead atoms. The van der Waals surface area contributed by atoms with Crippen LogP contribution < -0.4 is 21.1 Å². The number of hydrogen-bond donors (Lipinski definition) is 3. The Labute approximate surface area is 193 Å². The quantitative estimate of drug-likeness (QED) is 0.360. The Hall–Kier alpha value is -3.40. The van der Waals surface area contributed by atoms with Crippen LogP contribution in [0.3, 0.4) is 0 Å². The van der Waals surface area contributed by atoms with E-state index in [9.17, 15) is 9.59 Å². The number of anilines is 1. The van der Waals surface area contributed by atoms with Crippen LogP contribution in [-0.4, -0.2) is 51.3 Å². The van der Waals surface area contributed by atoms with Crippen molar-refractivity contribution in [1.82, 2.24) is 24.6 Å². The molecule has 0 saturated heterocycles. The molecule has 2 aromatic heterocycles. The Kier molecular flexibility index (Phi) is 8.05. The molecule has 3 aromatic rings. The zero-order valence-electron chi connectivity index (χ0n) is 19.8. The number of hydrogen-bond acceptors (Lipinski definition) is 6. The van der Waals surface area contributed by atoms with Gasteiger partial charge in [-0.3, -0.25) is 19.6 Å². The number of aromatic nitrogens is 4. The summed E-state index contributed by atoms with van der Waals surface area (Å²) in [5.41, 5.74) is 8.36. The van der Waals surface area contributed by atoms with Gasteiger partial charge in [-0.15, -0.1) is 0 Å². The van der Waals surface area contributed by atoms with Crippen molar-refractivity contribution in [2.24, 2.45) is 5.73 Å². The number of nitrogens with two attached hydrogens (primary N) is 1. The SMILES string of the molecule is CCCn1c(NC(=O)c2cc(C)nn2CC)nc2cc(C(N)=O)cc(OCCCCNC)c21. The van der Waals surface area contributed by atoms with Gasteiger partial charge in [0.1, 0.15) is 17.0 Å². The zero-order chi connectivity index (χ0) is 24.0. The monoisotopic (exact) mass is 455 g/mol. The van der Waals surface area contributed by atoms with Gasteiger partial charge in [0.25, 0.3) is 5.91 Å². The molecule has 0 aliphatic heterocycles. The molecule has 2 heterocycles. The van der Waals surface area contributed by atoms with Crippen LogP contribution in [0.2, 0.25) is 0 Å². The fourth-order valence-electron chi connectivity index (χ4n) is 3.74. The summed E-state index contributed by atoms with van der Waals surface area (Å²) in [6.45, 7) is 8.41. The summed E-state index contributed by atoms with van der Waals surface area (Å²) < 4.78 is 9.64. The maximum atomic E-state index is 13.0. The number of nitrogens with one attached hydrogen (secondary N) is 2. The molecule has 10 nitrogen and oxygen atoms in total. The number of ether oxygens (including phenoxy) is 1. The number of aryl methyl sites for hydroxylation is 3. The van der Waals surface area contributed by atoms with Gasteiger partial charge in [0.15, 0.2) is 0 Å². The maximum absolute atomic E-state index is 13.0. The van der Waals surface area contributed by atoms with Gasteiger partial charge in [-0.1, -0.05) is 6.92 Å². The number of fused-ring (bicyclic) bond motifs is 1. The zero-order valence-corrected chi connectivity index (χ0v) is 19.8. The highest BCUT2D eigenvalue weighted by Gasteiger charge is 2.21. The van der Waals surface area contributed by atoms with Crippen LogP contribution in [0.5, 0.6) is 5.75 Å². The minimum atomic E-state index is -0.560. The summed E-state index contributed by atoms with van der Waals surface area (Å²) >= 11 is 0. The van der Waals surface area contributed by atoms with Crippen molar-refractivity contribution < 1.29 is 14.3 Å². The van der Waals surface area contributed by atoms with Crippen LogP contribution >= 0.6 is 0 Å². The normalized spacial score (nSPS) is 11.2. The van der Waals surface area contributed by atoms with Crippen LogP contribution in [-0.2, 0) is 13.1 Å². The van der Waals surface area contributed by atoms with E-state index in [0.29, 0.717) is 48.2 Å². The van der Waals surface area contributed by atoms with Crippen LogP contribution in [0.1, 0.15) is 59.7 Å². The van der Waals surface area contributed by atoms with Crippen molar-refractivity contribution >= 4 is 28.8 Å². The average molecular weight is 456 g/mol. The first-order chi connectivity index (χ1) is 15.9. The van der Waals surface area contributed by atoms with Crippen molar-refractivity contribution in [3.63, 3.8) is 0 Å². The van der Waals surface area contributed by atoms with Gasteiger partial charge in [-0.05, 0) is 64.9 Å². The largest absolute Gasteiger partial charge is 0.491 e. The first kappa shape index (κ1) is 24.2. The fraction of sp³-hybridized carbons (Fsp3) is 0.478. The van der Waals surface area contributed by atoms with Gasteiger partial charge >= 0.3 is 0 Å². The summed E-state index contributed by atoms with van der Waals surface area (Å²) in [5.74, 6) is 0.0614. The standard InChI is InChI=1S/C23H33N7O3/c1-5-10-29-20-17(13-16(21(24)31)14-19(20)33-11-8-7-9-25-4)26-23(29)27-22(32)18-12-15(3)28-30(18)6-2/h12-14,25H,5-11H2,1-4H3,(H2,24,31)(H,26,27,32). The van der Waals surface area contributed by atoms with E-state index in [1.807, 2.05) is 32.4 Å². The molecule has 0 atom stereocenters. The molecular weight excluding hydrogens is 422 g/mol. The van der Waals surface area contributed by atoms with Crippen molar-refractivity contribution in [2.75, 3.05) is 25.5 Å². The van der Waals surface area contributed by atoms with Crippen LogP contribution in [0.25, 0.3) is 11.0 Å². The van der Waals surface area contributed by atoms with Crippen LogP contribution in [0.4, 0.5) is 5.95 Å². The van der Waals surface area contributed by atoms with Crippen molar-refractivity contribution in [2.45, 2.75) is 53.1 Å². The molecule has 0 saturated carbocycles. The van der Waals surface area contributed by atoms with Gasteiger partial charge in [-0.25, -0.2) is 4.98 Å². The third-order valence-electron chi connectivity index (χ3n) is 5.28. The molecular formula is C23H33N7O3. The Morgan fingerprint density at radius 1 is 1.18 bits per heavy atom. The lowest BCUT2D eigenvalue weighted by Gasteiger charge is -2.13. The molecule has 3 rings (SSSR count). The molecule has 0 aliphatic carbocycles. The Morgan fingerprint density at radius 2 is 1.97 bits per heavy atom. The van der Waals surface area contributed by atoms with Crippen LogP contribution in [0, 0.1) is 6.92 Å². The summed E-state index contributed by atoms with van der Waals surface area (Å²) in [6, 6.07) is 5.03. The molecule has 33 heavy (non-hydrogen) atoms. The summed E-state index contributed by atoms with van der Waals surface area (Å²) in [7, 11) is 1.91. The van der Waals surface area contributed by atoms with E-state index in [2.05, 4.69) is 20.7 Å². The molecule has 0 spiro atoms. The second kappa shape index (κ2) is 11.0. The summed E-state index contributed by atoms with van der Waals surface area (Å²) in [6.07, 6.45) is 2.64. The molecule has 0 radical (unpaired) electrons. The van der Waals surface area contributed by atoms with Gasteiger partial charge in [-0.2, -0.15) is 5.10 Å². The number of benzene rings is 1. The highest BCUT2D eigenvalue weighted by atomic mass is 16.5. The van der Waals surface area contributed by atoms with Crippen molar-refractivity contribution in [3.05, 3.63) is 35.2 Å². The summed E-state index contributed by atoms with van der Waals surface area (Å²) in [4.78, 5) is 29.6. The topological polar surface area (TPSA) is 129 Å². The van der Waals surface area contributed by atoms with E-state index < -0.39 is 5.91 Å². The number of unbranched alkanes of at least 4 members (excludes halogenated alkanes) is 1. The number of carbonyl (C=O) groups excluding carboxylic acids is 2. The summed E-state index contributed by atoms with van der Waals surface area (Å²) in [5, 5.41) is 10.4. The van der Waals surface area contributed by atoms with Gasteiger partial charge in [0.05, 0.1) is 17.8 Å². The molecule has 0 aliphatic rings. The number of nitrogens with zero attached hydrogens (tertiary/aromatic N) is 4. The number of rotatable bonds is 12. The third kappa shape index (κ3) is 5.51. The van der Waals surface area contributed by atoms with E-state index in [4.69, 9.17) is 10.5 Å². The molecule has 178 valence electrons. The third-order valence-corrected chi connectivity index (χ3v) is 5.28. The highest BCUT2D eigenvalue weighted by Crippen LogP contribution is 2.31. The highest BCUT2D eigenvalue weighted by molar-refractivity contribution is 6.04. The minimum Gasteiger partial charge on any atom is -0.491 e. The molecule has 0 unspecified atom stereocenters. The van der Waals surface area contributed by atoms with Gasteiger partial charge in [0, 0.05) is 18.7 Å². The molecule has 2 amide bonds. The van der Waals surface area contributed by atoms with Crippen LogP contribution in [0.15, 0.2) is 18.2 Å². The van der Waals surface area contributed by atoms with E-state index >= 15 is 0 Å². The fourth-order valence-corrected chi connectivity index (χ4v) is 3.74. The van der Waals surface area contributed by atoms with E-state index in [1.54, 1.807) is 22.9 Å². The smallest absolute Gasteiger partial charge is 0.276 e. The Balaban J connectivity index is 2.00. The Morgan fingerprint density at radius 3 is 2.64 bits per heavy atom. The number of amides is 2. The van der Waals surface area contributed by atoms with Crippen molar-refractivity contribution in [3.8, 4) is 5.75 Å². The predicted molar refractivity (Wildman–Crippen MR) is 128 cm³/mol. The lowest BCUT2D eigenvalue weighted by molar-refractivity contribution is 0.0995. The first-order valence-electron chi connectivity index (χ1n) is 11.4. The number of primary amides is 1. The van der Waals surface area contributed by atoms with E-state index in [-0.39, 0.29) is 5.91 Å². The van der Waals surface area contributed by atoms with Gasteiger partial charge in [0.2, 0.25) is 11.9 Å². The molecule has 1 aromatic carbocycles. The second-order valence-electron chi connectivity index (χ2n) is 7.89. The molecule has 10 heteroatoms. The first-order valence-corrected chi connectivity index (χ1v) is 11.4. The number of carbonyl (C=O) groups is 2. The lowest BCUT2D eigenvalue weighted by Crippen LogP contribution is -2.20. The predicted octanol–water partition coefficient (Wildman–Crippen LogP) is 2.70. The Bertz CT molecular complexity index is 1130. The van der Waals surface area contributed by atoms with E-state index in [1.165, 1.54) is 0 Å². The second-order valence-corrected chi connectivity index (χ2v) is 7.89. The van der Waals surface area contributed by atoms with Crippen molar-refractivity contribution in [1.29, 1.82) is 0 Å². The minimum absolute atomic E-state index is 0.297. The van der Waals surface area contributed by atoms with Gasteiger partial charge < -0.3 is 20.4 Å². The molecule has 0 fully saturated rings. The molecule has 4 N–H and O–H groups in total. The van der Waals surface area contributed by atoms with E-state index in [0.717, 1.165) is 37.0 Å². The maximum Gasteiger partial charge on any atom is 0.276 e. The lowest BCUT2D eigenvalue weighted by atomic mass is 10.1. The average Bonchev–Trinajstić information content (AvgIpc) is 3.33.